The third kappa shape index (κ3) is 7.81. The highest BCUT2D eigenvalue weighted by Crippen LogP contribution is 2.24. The summed E-state index contributed by atoms with van der Waals surface area (Å²) in [4.78, 5) is 21.9. The van der Waals surface area contributed by atoms with Gasteiger partial charge >= 0.3 is 12.4 Å². The minimum absolute atomic E-state index is 0.301. The summed E-state index contributed by atoms with van der Waals surface area (Å²) in [6.07, 6.45) is 0.202. The molecular formula is C32H31F3N6O2S. The third-order valence-corrected chi connectivity index (χ3v) is 7.84. The molecule has 3 aromatic carbocycles. The molecule has 1 N–H and O–H groups in total. The van der Waals surface area contributed by atoms with Gasteiger partial charge in [0.15, 0.2) is 10.6 Å². The number of amides is 2. The maximum absolute atomic E-state index is 12.6. The number of urea groups is 1. The Labute approximate surface area is 256 Å². The smallest absolute Gasteiger partial charge is 0.406 e. The molecule has 12 heteroatoms. The molecule has 0 unspecified atom stereocenters. The molecule has 0 fully saturated rings. The van der Waals surface area contributed by atoms with Gasteiger partial charge in [-0.25, -0.2) is 14.5 Å². The average molecular weight is 621 g/mol. The van der Waals surface area contributed by atoms with Gasteiger partial charge in [0.2, 0.25) is 0 Å². The SMILES string of the molecule is CCc1ccccc1-n1c(C)csc1=NC(=O)NCCCCc1ccc(-c2ncn(-c3ccc(OC(F)(F)F)cc3)n2)cc1. The lowest BCUT2D eigenvalue weighted by Crippen LogP contribution is -2.25. The predicted octanol–water partition coefficient (Wildman–Crippen LogP) is 7.19. The number of nitrogens with zero attached hydrogens (tertiary/aromatic N) is 5. The number of nitrogens with one attached hydrogen (secondary N) is 1. The van der Waals surface area contributed by atoms with Crippen LogP contribution >= 0.6 is 11.3 Å². The number of hydrogen-bond acceptors (Lipinski definition) is 5. The number of carbonyl (C=O) groups excluding carboxylic acids is 1. The van der Waals surface area contributed by atoms with Gasteiger partial charge in [0.1, 0.15) is 12.1 Å². The first-order valence-corrected chi connectivity index (χ1v) is 15.0. The number of benzene rings is 3. The van der Waals surface area contributed by atoms with E-state index in [0.29, 0.717) is 22.9 Å². The standard InChI is InChI=1S/C32H31F3N6O2S/c1-3-24-9-4-5-10-28(24)41-22(2)20-44-31(41)38-30(42)36-19-7-6-8-23-11-13-25(14-12-23)29-37-21-40(39-29)26-15-17-27(18-16-26)43-32(33,34)35/h4-5,9-18,20-21H,3,6-8,19H2,1-2H3,(H,36,42). The Balaban J connectivity index is 1.10. The maximum atomic E-state index is 12.6. The molecule has 0 aliphatic rings. The molecule has 0 aliphatic heterocycles. The summed E-state index contributed by atoms with van der Waals surface area (Å²) in [5, 5.41) is 9.35. The number of unbranched alkanes of at least 4 members (excludes halogenated alkanes) is 1. The molecule has 2 amide bonds. The van der Waals surface area contributed by atoms with Crippen molar-refractivity contribution < 1.29 is 22.7 Å². The Hall–Kier alpha value is -4.71. The quantitative estimate of drug-likeness (QED) is 0.168. The Bertz CT molecular complexity index is 1770. The molecule has 0 aliphatic carbocycles. The van der Waals surface area contributed by atoms with E-state index in [9.17, 15) is 18.0 Å². The minimum atomic E-state index is -4.74. The van der Waals surface area contributed by atoms with Crippen molar-refractivity contribution in [3.8, 4) is 28.5 Å². The zero-order valence-corrected chi connectivity index (χ0v) is 25.0. The van der Waals surface area contributed by atoms with E-state index in [-0.39, 0.29) is 11.8 Å². The van der Waals surface area contributed by atoms with Crippen LogP contribution in [0.4, 0.5) is 18.0 Å². The number of carbonyl (C=O) groups is 1. The van der Waals surface area contributed by atoms with E-state index in [1.165, 1.54) is 52.2 Å². The van der Waals surface area contributed by atoms with Crippen LogP contribution in [0.3, 0.4) is 0 Å². The average Bonchev–Trinajstić information content (AvgIpc) is 3.64. The van der Waals surface area contributed by atoms with Crippen molar-refractivity contribution in [1.29, 1.82) is 0 Å². The molecule has 5 rings (SSSR count). The number of alkyl halides is 3. The Morgan fingerprint density at radius 1 is 1.02 bits per heavy atom. The number of halogens is 3. The van der Waals surface area contributed by atoms with Gasteiger partial charge in [-0.3, -0.25) is 4.57 Å². The summed E-state index contributed by atoms with van der Waals surface area (Å²) in [5.41, 5.74) is 5.80. The third-order valence-electron chi connectivity index (χ3n) is 6.90. The van der Waals surface area contributed by atoms with Crippen LogP contribution in [0.15, 0.2) is 89.5 Å². The second-order valence-corrected chi connectivity index (χ2v) is 10.9. The van der Waals surface area contributed by atoms with Crippen LogP contribution < -0.4 is 14.9 Å². The topological polar surface area (TPSA) is 86.3 Å². The van der Waals surface area contributed by atoms with Crippen LogP contribution in [-0.2, 0) is 12.8 Å². The first-order valence-electron chi connectivity index (χ1n) is 14.2. The second-order valence-electron chi connectivity index (χ2n) is 10.0. The van der Waals surface area contributed by atoms with Crippen LogP contribution in [-0.4, -0.2) is 38.3 Å². The fraction of sp³-hybridized carbons (Fsp3) is 0.250. The number of para-hydroxylation sites is 1. The molecule has 8 nitrogen and oxygen atoms in total. The van der Waals surface area contributed by atoms with Crippen LogP contribution in [0, 0.1) is 6.92 Å². The van der Waals surface area contributed by atoms with Crippen LogP contribution in [0.25, 0.3) is 22.8 Å². The highest BCUT2D eigenvalue weighted by molar-refractivity contribution is 7.07. The van der Waals surface area contributed by atoms with Crippen LogP contribution in [0.2, 0.25) is 0 Å². The number of aromatic nitrogens is 4. The highest BCUT2D eigenvalue weighted by atomic mass is 32.1. The molecule has 0 atom stereocenters. The Morgan fingerprint density at radius 2 is 1.77 bits per heavy atom. The fourth-order valence-corrected chi connectivity index (χ4v) is 5.57. The van der Waals surface area contributed by atoms with E-state index in [1.807, 2.05) is 59.3 Å². The van der Waals surface area contributed by atoms with Gasteiger partial charge < -0.3 is 10.1 Å². The van der Waals surface area contributed by atoms with Gasteiger partial charge in [-0.15, -0.1) is 29.6 Å². The Kier molecular flexibility index (Phi) is 9.59. The van der Waals surface area contributed by atoms with Gasteiger partial charge in [0, 0.05) is 23.2 Å². The van der Waals surface area contributed by atoms with Crippen molar-refractivity contribution in [1.82, 2.24) is 24.6 Å². The van der Waals surface area contributed by atoms with Crippen molar-refractivity contribution >= 4 is 17.4 Å². The number of ether oxygens (including phenoxy) is 1. The first-order chi connectivity index (χ1) is 21.2. The van der Waals surface area contributed by atoms with E-state index in [2.05, 4.69) is 38.1 Å². The number of rotatable bonds is 10. The molecule has 0 saturated heterocycles. The molecule has 2 aromatic heterocycles. The lowest BCUT2D eigenvalue weighted by Gasteiger charge is -2.11. The summed E-state index contributed by atoms with van der Waals surface area (Å²) in [5.74, 6) is 0.198. The van der Waals surface area contributed by atoms with E-state index in [4.69, 9.17) is 0 Å². The molecule has 0 bridgehead atoms. The van der Waals surface area contributed by atoms with Gasteiger partial charge in [-0.1, -0.05) is 49.4 Å². The summed E-state index contributed by atoms with van der Waals surface area (Å²) in [7, 11) is 0. The summed E-state index contributed by atoms with van der Waals surface area (Å²) >= 11 is 1.45. The van der Waals surface area contributed by atoms with Gasteiger partial charge in [0.05, 0.1) is 11.4 Å². The van der Waals surface area contributed by atoms with Crippen molar-refractivity contribution in [3.05, 3.63) is 106 Å². The molecule has 0 saturated carbocycles. The molecule has 2 heterocycles. The molecule has 228 valence electrons. The lowest BCUT2D eigenvalue weighted by atomic mass is 10.1. The normalized spacial score (nSPS) is 12.0. The summed E-state index contributed by atoms with van der Waals surface area (Å²) in [6.45, 7) is 4.65. The Morgan fingerprint density at radius 3 is 2.50 bits per heavy atom. The lowest BCUT2D eigenvalue weighted by molar-refractivity contribution is -0.274. The van der Waals surface area contributed by atoms with Crippen molar-refractivity contribution in [2.24, 2.45) is 4.99 Å². The molecule has 0 radical (unpaired) electrons. The van der Waals surface area contributed by atoms with Gasteiger partial charge in [-0.05, 0) is 74.1 Å². The second kappa shape index (κ2) is 13.7. The van der Waals surface area contributed by atoms with Gasteiger partial charge in [-0.2, -0.15) is 4.99 Å². The first kappa shape index (κ1) is 30.7. The molecular weight excluding hydrogens is 589 g/mol. The van der Waals surface area contributed by atoms with E-state index >= 15 is 0 Å². The molecule has 5 aromatic rings. The highest BCUT2D eigenvalue weighted by Gasteiger charge is 2.31. The maximum Gasteiger partial charge on any atom is 0.573 e. The van der Waals surface area contributed by atoms with E-state index in [1.54, 1.807) is 0 Å². The van der Waals surface area contributed by atoms with Crippen molar-refractivity contribution in [3.63, 3.8) is 0 Å². The van der Waals surface area contributed by atoms with Crippen LogP contribution in [0.5, 0.6) is 5.75 Å². The largest absolute Gasteiger partial charge is 0.573 e. The number of hydrogen-bond donors (Lipinski definition) is 1. The van der Waals surface area contributed by atoms with Gasteiger partial charge in [0.25, 0.3) is 0 Å². The summed E-state index contributed by atoms with van der Waals surface area (Å²) < 4.78 is 44.6. The van der Waals surface area contributed by atoms with Crippen molar-refractivity contribution in [2.45, 2.75) is 45.9 Å². The summed E-state index contributed by atoms with van der Waals surface area (Å²) in [6, 6.07) is 21.1. The van der Waals surface area contributed by atoms with E-state index in [0.717, 1.165) is 48.2 Å². The zero-order chi connectivity index (χ0) is 31.1. The fourth-order valence-electron chi connectivity index (χ4n) is 4.71. The zero-order valence-electron chi connectivity index (χ0n) is 24.2. The number of aryl methyl sites for hydroxylation is 3. The minimum Gasteiger partial charge on any atom is -0.406 e. The molecule has 0 spiro atoms. The van der Waals surface area contributed by atoms with Crippen molar-refractivity contribution in [2.75, 3.05) is 6.54 Å². The monoisotopic (exact) mass is 620 g/mol. The van der Waals surface area contributed by atoms with E-state index < -0.39 is 6.36 Å². The molecule has 44 heavy (non-hydrogen) atoms. The number of thiazole rings is 1. The predicted molar refractivity (Wildman–Crippen MR) is 163 cm³/mol. The van der Waals surface area contributed by atoms with Crippen LogP contribution in [0.1, 0.15) is 36.6 Å².